The van der Waals surface area contributed by atoms with Crippen LogP contribution in [0.3, 0.4) is 0 Å². The Labute approximate surface area is 90.5 Å². The molecule has 15 heavy (non-hydrogen) atoms. The molecular weight excluding hydrogens is 186 g/mol. The normalized spacial score (nSPS) is 17.9. The highest BCUT2D eigenvalue weighted by molar-refractivity contribution is 5.51. The fourth-order valence-electron chi connectivity index (χ4n) is 1.59. The van der Waals surface area contributed by atoms with Crippen LogP contribution in [0.2, 0.25) is 0 Å². The van der Waals surface area contributed by atoms with E-state index in [1.54, 1.807) is 0 Å². The molecule has 0 saturated heterocycles. The van der Waals surface area contributed by atoms with Gasteiger partial charge in [0.2, 0.25) is 0 Å². The van der Waals surface area contributed by atoms with Crippen molar-refractivity contribution in [2.45, 2.75) is 33.6 Å². The Bertz CT molecular complexity index is 422. The minimum Gasteiger partial charge on any atom is -0.287 e. The number of fused-ring (bicyclic) bond motifs is 1. The van der Waals surface area contributed by atoms with E-state index in [0.29, 0.717) is 5.92 Å². The van der Waals surface area contributed by atoms with E-state index in [-0.39, 0.29) is 5.41 Å². The highest BCUT2D eigenvalue weighted by Gasteiger charge is 2.17. The molecule has 1 aromatic rings. The summed E-state index contributed by atoms with van der Waals surface area (Å²) in [5, 5.41) is 8.38. The maximum Gasteiger partial charge on any atom is 0.160 e. The van der Waals surface area contributed by atoms with Gasteiger partial charge in [0.15, 0.2) is 5.82 Å². The minimum absolute atomic E-state index is 0.0922. The first-order valence-corrected chi connectivity index (χ1v) is 5.33. The van der Waals surface area contributed by atoms with Gasteiger partial charge >= 0.3 is 0 Å². The molecule has 1 aliphatic rings. The first-order chi connectivity index (χ1) is 6.99. The lowest BCUT2D eigenvalue weighted by atomic mass is 9.93. The smallest absolute Gasteiger partial charge is 0.160 e. The van der Waals surface area contributed by atoms with Gasteiger partial charge in [-0.05, 0) is 6.08 Å². The van der Waals surface area contributed by atoms with Gasteiger partial charge in [-0.15, -0.1) is 10.2 Å². The molecule has 2 rings (SSSR count). The van der Waals surface area contributed by atoms with Crippen LogP contribution < -0.4 is 0 Å². The summed E-state index contributed by atoms with van der Waals surface area (Å²) in [6.45, 7) is 8.61. The molecule has 0 unspecified atom stereocenters. The molecule has 3 heteroatoms. The molecule has 3 nitrogen and oxygen atoms in total. The van der Waals surface area contributed by atoms with Crippen LogP contribution in [0, 0.1) is 5.41 Å². The second-order valence-corrected chi connectivity index (χ2v) is 4.91. The lowest BCUT2D eigenvalue weighted by molar-refractivity contribution is 0.631. The van der Waals surface area contributed by atoms with E-state index in [1.807, 2.05) is 6.08 Å². The van der Waals surface area contributed by atoms with E-state index < -0.39 is 0 Å². The van der Waals surface area contributed by atoms with Crippen LogP contribution in [0.1, 0.15) is 45.3 Å². The van der Waals surface area contributed by atoms with Crippen molar-refractivity contribution in [3.8, 4) is 0 Å². The molecular formula is C12H17N3. The Kier molecular flexibility index (Phi) is 2.25. The van der Waals surface area contributed by atoms with Gasteiger partial charge < -0.3 is 0 Å². The molecule has 0 fully saturated rings. The zero-order valence-electron chi connectivity index (χ0n) is 9.73. The highest BCUT2D eigenvalue weighted by atomic mass is 15.3. The van der Waals surface area contributed by atoms with E-state index in [2.05, 4.69) is 60.8 Å². The van der Waals surface area contributed by atoms with Crippen LogP contribution in [0.25, 0.3) is 12.3 Å². The predicted molar refractivity (Wildman–Crippen MR) is 62.3 cm³/mol. The SMILES string of the molecule is CC(C)c1nnc2n1C=CC(C)(C)C=C2. The average Bonchev–Trinajstić information content (AvgIpc) is 2.49. The van der Waals surface area contributed by atoms with Crippen LogP contribution in [0.15, 0.2) is 12.2 Å². The van der Waals surface area contributed by atoms with Gasteiger partial charge in [0.25, 0.3) is 0 Å². The number of hydrogen-bond acceptors (Lipinski definition) is 2. The third kappa shape index (κ3) is 1.87. The zero-order chi connectivity index (χ0) is 11.1. The second kappa shape index (κ2) is 3.33. The molecule has 80 valence electrons. The van der Waals surface area contributed by atoms with Crippen molar-refractivity contribution in [3.63, 3.8) is 0 Å². The maximum atomic E-state index is 4.20. The summed E-state index contributed by atoms with van der Waals surface area (Å²) in [4.78, 5) is 0. The number of aromatic nitrogens is 3. The summed E-state index contributed by atoms with van der Waals surface area (Å²) < 4.78 is 2.07. The van der Waals surface area contributed by atoms with E-state index in [4.69, 9.17) is 0 Å². The molecule has 0 radical (unpaired) electrons. The molecule has 0 spiro atoms. The Morgan fingerprint density at radius 1 is 1.20 bits per heavy atom. The van der Waals surface area contributed by atoms with E-state index in [9.17, 15) is 0 Å². The van der Waals surface area contributed by atoms with Gasteiger partial charge in [-0.1, -0.05) is 39.8 Å². The van der Waals surface area contributed by atoms with Crippen LogP contribution in [-0.2, 0) is 0 Å². The van der Waals surface area contributed by atoms with Gasteiger partial charge in [0, 0.05) is 17.5 Å². The number of hydrogen-bond donors (Lipinski definition) is 0. The first-order valence-electron chi connectivity index (χ1n) is 5.33. The van der Waals surface area contributed by atoms with Crippen LogP contribution >= 0.6 is 0 Å². The molecule has 0 bridgehead atoms. The topological polar surface area (TPSA) is 30.7 Å². The fraction of sp³-hybridized carbons (Fsp3) is 0.500. The van der Waals surface area contributed by atoms with Gasteiger partial charge in [-0.25, -0.2) is 0 Å². The van der Waals surface area contributed by atoms with E-state index in [0.717, 1.165) is 11.6 Å². The van der Waals surface area contributed by atoms with E-state index >= 15 is 0 Å². The molecule has 1 aliphatic heterocycles. The van der Waals surface area contributed by atoms with Crippen molar-refractivity contribution in [1.82, 2.24) is 14.8 Å². The molecule has 0 N–H and O–H groups in total. The molecule has 0 aromatic carbocycles. The Morgan fingerprint density at radius 2 is 1.93 bits per heavy atom. The Balaban J connectivity index is 2.51. The summed E-state index contributed by atoms with van der Waals surface area (Å²) in [5.41, 5.74) is 0.0922. The van der Waals surface area contributed by atoms with Gasteiger partial charge in [0.05, 0.1) is 0 Å². The number of nitrogens with zero attached hydrogens (tertiary/aromatic N) is 3. The summed E-state index contributed by atoms with van der Waals surface area (Å²) in [7, 11) is 0. The summed E-state index contributed by atoms with van der Waals surface area (Å²) in [6, 6.07) is 0. The van der Waals surface area contributed by atoms with Crippen molar-refractivity contribution < 1.29 is 0 Å². The van der Waals surface area contributed by atoms with Gasteiger partial charge in [-0.3, -0.25) is 4.57 Å². The highest BCUT2D eigenvalue weighted by Crippen LogP contribution is 2.25. The third-order valence-corrected chi connectivity index (χ3v) is 2.58. The summed E-state index contributed by atoms with van der Waals surface area (Å²) >= 11 is 0. The standard InChI is InChI=1S/C12H17N3/c1-9(2)11-14-13-10-5-6-12(3,4)7-8-15(10)11/h5-9H,1-4H3. The quantitative estimate of drug-likeness (QED) is 0.702. The largest absolute Gasteiger partial charge is 0.287 e. The van der Waals surface area contributed by atoms with Gasteiger partial charge in [0.1, 0.15) is 5.82 Å². The predicted octanol–water partition coefficient (Wildman–Crippen LogP) is 2.93. The molecule has 2 heterocycles. The first kappa shape index (κ1) is 10.1. The van der Waals surface area contributed by atoms with Crippen molar-refractivity contribution in [2.24, 2.45) is 5.41 Å². The number of rotatable bonds is 1. The monoisotopic (exact) mass is 203 g/mol. The lowest BCUT2D eigenvalue weighted by Gasteiger charge is -2.12. The van der Waals surface area contributed by atoms with Crippen LogP contribution in [-0.4, -0.2) is 14.8 Å². The number of allylic oxidation sites excluding steroid dienone is 2. The molecule has 0 aliphatic carbocycles. The lowest BCUT2D eigenvalue weighted by Crippen LogP contribution is -2.02. The summed E-state index contributed by atoms with van der Waals surface area (Å²) in [6.07, 6.45) is 8.44. The Hall–Kier alpha value is -1.38. The Morgan fingerprint density at radius 3 is 2.60 bits per heavy atom. The molecule has 0 amide bonds. The minimum atomic E-state index is 0.0922. The van der Waals surface area contributed by atoms with Crippen molar-refractivity contribution >= 4 is 12.3 Å². The third-order valence-electron chi connectivity index (χ3n) is 2.58. The zero-order valence-corrected chi connectivity index (χ0v) is 9.73. The second-order valence-electron chi connectivity index (χ2n) is 4.91. The average molecular weight is 203 g/mol. The molecule has 0 atom stereocenters. The van der Waals surface area contributed by atoms with E-state index in [1.165, 1.54) is 0 Å². The van der Waals surface area contributed by atoms with Crippen LogP contribution in [0.4, 0.5) is 0 Å². The fourth-order valence-corrected chi connectivity index (χ4v) is 1.59. The van der Waals surface area contributed by atoms with Crippen molar-refractivity contribution in [3.05, 3.63) is 23.8 Å². The van der Waals surface area contributed by atoms with Crippen LogP contribution in [0.5, 0.6) is 0 Å². The van der Waals surface area contributed by atoms with Crippen molar-refractivity contribution in [1.29, 1.82) is 0 Å². The molecule has 0 saturated carbocycles. The van der Waals surface area contributed by atoms with Crippen molar-refractivity contribution in [2.75, 3.05) is 0 Å². The van der Waals surface area contributed by atoms with Gasteiger partial charge in [-0.2, -0.15) is 0 Å². The maximum absolute atomic E-state index is 4.20. The molecule has 1 aromatic heterocycles. The summed E-state index contributed by atoms with van der Waals surface area (Å²) in [5.74, 6) is 2.33.